The molecular weight excluding hydrogens is 556 g/mol. The van der Waals surface area contributed by atoms with Crippen LogP contribution >= 0.6 is 0 Å². The Labute approximate surface area is 239 Å². The molecule has 0 unspecified atom stereocenters. The van der Waals surface area contributed by atoms with Crippen molar-refractivity contribution in [2.75, 3.05) is 13.2 Å². The largest absolute Gasteiger partial charge is 0.508 e. The molecule has 3 aliphatic rings. The van der Waals surface area contributed by atoms with Crippen LogP contribution in [0.25, 0.3) is 11.1 Å². The van der Waals surface area contributed by atoms with Crippen molar-refractivity contribution >= 4 is 11.9 Å². The van der Waals surface area contributed by atoms with Crippen molar-refractivity contribution in [3.63, 3.8) is 0 Å². The second-order valence-corrected chi connectivity index (χ2v) is 10.1. The summed E-state index contributed by atoms with van der Waals surface area (Å²) in [6, 6.07) is 7.78. The molecule has 2 saturated heterocycles. The van der Waals surface area contributed by atoms with E-state index in [2.05, 4.69) is 6.58 Å². The van der Waals surface area contributed by atoms with Gasteiger partial charge >= 0.3 is 11.9 Å². The summed E-state index contributed by atoms with van der Waals surface area (Å²) in [6.07, 6.45) is -5.86. The number of benzene rings is 2. The van der Waals surface area contributed by atoms with Gasteiger partial charge in [0.2, 0.25) is 12.6 Å². The summed E-state index contributed by atoms with van der Waals surface area (Å²) in [5, 5.41) is 62.1. The van der Waals surface area contributed by atoms with E-state index >= 15 is 0 Å². The van der Waals surface area contributed by atoms with Crippen LogP contribution < -0.4 is 0 Å². The van der Waals surface area contributed by atoms with Gasteiger partial charge in [0.1, 0.15) is 41.7 Å². The van der Waals surface area contributed by atoms with E-state index < -0.39 is 66.4 Å². The number of hydrogen-bond acceptors (Lipinski definition) is 13. The fourth-order valence-electron chi connectivity index (χ4n) is 5.25. The molecule has 13 nitrogen and oxygen atoms in total. The molecule has 5 rings (SSSR count). The summed E-state index contributed by atoms with van der Waals surface area (Å²) in [5.41, 5.74) is 0.294. The molecular formula is C29H30O13. The van der Waals surface area contributed by atoms with Gasteiger partial charge in [0.25, 0.3) is 0 Å². The fourth-order valence-corrected chi connectivity index (χ4v) is 5.25. The Bertz CT molecular complexity index is 1360. The second-order valence-electron chi connectivity index (χ2n) is 10.1. The van der Waals surface area contributed by atoms with Crippen LogP contribution in [0.15, 0.2) is 60.9 Å². The number of ether oxygens (including phenoxy) is 5. The van der Waals surface area contributed by atoms with E-state index in [1.807, 2.05) is 0 Å². The quantitative estimate of drug-likeness (QED) is 0.199. The zero-order valence-electron chi connectivity index (χ0n) is 22.1. The van der Waals surface area contributed by atoms with Gasteiger partial charge in [-0.05, 0) is 36.2 Å². The monoisotopic (exact) mass is 586 g/mol. The van der Waals surface area contributed by atoms with E-state index in [9.17, 15) is 40.2 Å². The lowest BCUT2D eigenvalue weighted by Crippen LogP contribution is -2.60. The number of rotatable bonds is 7. The first-order chi connectivity index (χ1) is 20.1. The van der Waals surface area contributed by atoms with E-state index in [1.54, 1.807) is 6.08 Å². The molecule has 2 aromatic carbocycles. The molecule has 0 spiro atoms. The van der Waals surface area contributed by atoms with Crippen LogP contribution in [0.1, 0.15) is 16.8 Å². The Morgan fingerprint density at radius 1 is 1.02 bits per heavy atom. The van der Waals surface area contributed by atoms with Gasteiger partial charge in [-0.15, -0.1) is 6.58 Å². The Morgan fingerprint density at radius 3 is 2.45 bits per heavy atom. The topological polar surface area (TPSA) is 202 Å². The van der Waals surface area contributed by atoms with Crippen molar-refractivity contribution in [1.29, 1.82) is 0 Å². The highest BCUT2D eigenvalue weighted by molar-refractivity contribution is 5.93. The number of phenols is 3. The van der Waals surface area contributed by atoms with Crippen LogP contribution in [0, 0.1) is 11.8 Å². The van der Waals surface area contributed by atoms with Gasteiger partial charge in [0.05, 0.1) is 36.2 Å². The van der Waals surface area contributed by atoms with Crippen molar-refractivity contribution in [3.8, 4) is 28.4 Å². The lowest BCUT2D eigenvalue weighted by atomic mass is 9.81. The Kier molecular flexibility index (Phi) is 8.38. The van der Waals surface area contributed by atoms with E-state index in [0.29, 0.717) is 12.0 Å². The van der Waals surface area contributed by atoms with Crippen LogP contribution in [0.2, 0.25) is 0 Å². The Balaban J connectivity index is 1.27. The lowest BCUT2D eigenvalue weighted by Gasteiger charge is -2.41. The molecule has 3 heterocycles. The maximum atomic E-state index is 12.9. The number of hydrogen-bond donors (Lipinski definition) is 6. The van der Waals surface area contributed by atoms with E-state index in [1.165, 1.54) is 30.5 Å². The number of carbonyl (C=O) groups excluding carboxylic acids is 2. The van der Waals surface area contributed by atoms with Gasteiger partial charge in [-0.2, -0.15) is 0 Å². The fraction of sp³-hybridized carbons (Fsp3) is 0.379. The number of fused-ring (bicyclic) bond motifs is 1. The number of aliphatic hydroxyl groups is 3. The van der Waals surface area contributed by atoms with Gasteiger partial charge in [-0.25, -0.2) is 9.59 Å². The minimum absolute atomic E-state index is 0.0398. The predicted octanol–water partition coefficient (Wildman–Crippen LogP) is 1.06. The van der Waals surface area contributed by atoms with Crippen LogP contribution in [-0.2, 0) is 28.5 Å². The highest BCUT2D eigenvalue weighted by Crippen LogP contribution is 2.40. The molecule has 0 bridgehead atoms. The molecule has 0 aromatic heterocycles. The van der Waals surface area contributed by atoms with E-state index in [0.717, 1.165) is 12.1 Å². The molecule has 13 heteroatoms. The standard InChI is InChI=1S/C29H30O13/c1-2-16-17-6-7-38-27(37)18(17)11-39-28(16)40-12-21-23(33)24(34)25(35)29(41-21)42-26(36)14-9-19(31)22(20(32)10-14)13-4-3-5-15(30)8-13/h2-5,8-11,16-17,21,23-25,28-35H,1,6-7,12H2/t16-,17-,21+,23-,24-,25-,28-,29-/m0/s1. The van der Waals surface area contributed by atoms with Crippen molar-refractivity contribution in [3.05, 3.63) is 66.5 Å². The van der Waals surface area contributed by atoms with Crippen LogP contribution in [-0.4, -0.2) is 92.8 Å². The van der Waals surface area contributed by atoms with Crippen molar-refractivity contribution in [2.24, 2.45) is 11.8 Å². The van der Waals surface area contributed by atoms with Crippen molar-refractivity contribution < 1.29 is 63.9 Å². The first kappa shape index (κ1) is 29.4. The van der Waals surface area contributed by atoms with E-state index in [-0.39, 0.29) is 41.6 Å². The van der Waals surface area contributed by atoms with Gasteiger partial charge in [0.15, 0.2) is 0 Å². The van der Waals surface area contributed by atoms with Crippen molar-refractivity contribution in [2.45, 2.75) is 43.4 Å². The highest BCUT2D eigenvalue weighted by Gasteiger charge is 2.47. The van der Waals surface area contributed by atoms with E-state index in [4.69, 9.17) is 23.7 Å². The minimum atomic E-state index is -1.85. The summed E-state index contributed by atoms with van der Waals surface area (Å²) >= 11 is 0. The molecule has 0 radical (unpaired) electrons. The van der Waals surface area contributed by atoms with Crippen molar-refractivity contribution in [1.82, 2.24) is 0 Å². The van der Waals surface area contributed by atoms with Gasteiger partial charge in [-0.1, -0.05) is 18.2 Å². The summed E-state index contributed by atoms with van der Waals surface area (Å²) in [6.45, 7) is 3.66. The third-order valence-corrected chi connectivity index (χ3v) is 7.46. The van der Waals surface area contributed by atoms with Crippen LogP contribution in [0.4, 0.5) is 0 Å². The average Bonchev–Trinajstić information content (AvgIpc) is 2.96. The zero-order chi connectivity index (χ0) is 30.1. The molecule has 8 atom stereocenters. The third-order valence-electron chi connectivity index (χ3n) is 7.46. The third kappa shape index (κ3) is 5.65. The first-order valence-electron chi connectivity index (χ1n) is 13.1. The number of esters is 2. The number of cyclic esters (lactones) is 1. The lowest BCUT2D eigenvalue weighted by molar-refractivity contribution is -0.295. The van der Waals surface area contributed by atoms with Crippen LogP contribution in [0.5, 0.6) is 17.2 Å². The first-order valence-corrected chi connectivity index (χ1v) is 13.1. The highest BCUT2D eigenvalue weighted by atomic mass is 16.7. The Morgan fingerprint density at radius 2 is 1.76 bits per heavy atom. The molecule has 0 aliphatic carbocycles. The molecule has 224 valence electrons. The molecule has 0 amide bonds. The van der Waals surface area contributed by atoms with Gasteiger partial charge < -0.3 is 54.3 Å². The molecule has 2 fully saturated rings. The minimum Gasteiger partial charge on any atom is -0.508 e. The maximum Gasteiger partial charge on any atom is 0.340 e. The SMILES string of the molecule is C=C[C@@H]1[C@H](OC[C@H]2O[C@@H](OC(=O)c3cc(O)c(-c4cccc(O)c4)c(O)c3)[C@@H](O)[C@@H](O)[C@H]2O)OC=C2C(=O)OCC[C@H]21. The van der Waals surface area contributed by atoms with Gasteiger partial charge in [0, 0.05) is 11.8 Å². The second kappa shape index (κ2) is 12.0. The summed E-state index contributed by atoms with van der Waals surface area (Å²) in [5.74, 6) is -3.40. The number of aromatic hydroxyl groups is 3. The molecule has 42 heavy (non-hydrogen) atoms. The summed E-state index contributed by atoms with van der Waals surface area (Å²) < 4.78 is 27.2. The van der Waals surface area contributed by atoms with Gasteiger partial charge in [-0.3, -0.25) is 0 Å². The average molecular weight is 587 g/mol. The zero-order valence-corrected chi connectivity index (χ0v) is 22.1. The predicted molar refractivity (Wildman–Crippen MR) is 141 cm³/mol. The summed E-state index contributed by atoms with van der Waals surface area (Å²) in [7, 11) is 0. The summed E-state index contributed by atoms with van der Waals surface area (Å²) in [4.78, 5) is 24.9. The number of phenolic OH excluding ortho intramolecular Hbond substituents is 3. The molecule has 6 N–H and O–H groups in total. The molecule has 3 aliphatic heterocycles. The molecule has 2 aromatic rings. The smallest absolute Gasteiger partial charge is 0.340 e. The maximum absolute atomic E-state index is 12.9. The Hall–Kier alpha value is -4.14. The number of carbonyl (C=O) groups is 2. The number of aliphatic hydroxyl groups excluding tert-OH is 3. The normalized spacial score (nSPS) is 30.7. The van der Waals surface area contributed by atoms with Crippen LogP contribution in [0.3, 0.4) is 0 Å². The molecule has 0 saturated carbocycles.